The maximum atomic E-state index is 11.6. The van der Waals surface area contributed by atoms with E-state index in [1.165, 1.54) is 0 Å². The lowest BCUT2D eigenvalue weighted by molar-refractivity contribution is -0.146. The topological polar surface area (TPSA) is 52.6 Å². The lowest BCUT2D eigenvalue weighted by Gasteiger charge is -2.18. The Morgan fingerprint density at radius 1 is 1.05 bits per heavy atom. The van der Waals surface area contributed by atoms with Crippen molar-refractivity contribution >= 4 is 11.9 Å². The second kappa shape index (κ2) is 10.9. The third-order valence-electron chi connectivity index (χ3n) is 2.83. The van der Waals surface area contributed by atoms with Crippen molar-refractivity contribution in [1.29, 1.82) is 0 Å². The zero-order valence-corrected chi connectivity index (χ0v) is 13.2. The van der Waals surface area contributed by atoms with E-state index in [2.05, 4.69) is 19.7 Å². The molecule has 0 N–H and O–H groups in total. The van der Waals surface area contributed by atoms with Crippen LogP contribution in [0, 0.1) is 0 Å². The molecule has 1 atom stereocenters. The second-order valence-corrected chi connectivity index (χ2v) is 5.09. The van der Waals surface area contributed by atoms with Gasteiger partial charge in [0, 0.05) is 17.6 Å². The molecule has 0 radical (unpaired) electrons. The fourth-order valence-corrected chi connectivity index (χ4v) is 1.58. The first kappa shape index (κ1) is 19.2. The summed E-state index contributed by atoms with van der Waals surface area (Å²) in [5.41, 5.74) is 0.724. The van der Waals surface area contributed by atoms with Crippen molar-refractivity contribution in [2.45, 2.75) is 52.1 Å². The van der Waals surface area contributed by atoms with Gasteiger partial charge in [-0.15, -0.1) is 6.58 Å². The van der Waals surface area contributed by atoms with E-state index >= 15 is 0 Å². The molecule has 21 heavy (non-hydrogen) atoms. The molecule has 0 spiro atoms. The molecule has 0 amide bonds. The standard InChI is InChI=1S/C17H26O4/c1-6-7-8-9-10-15(21-17(19)14(4)5)11-12-20-16(18)13(2)3/h6,15H,1-2,4,7-12H2,3,5H3. The van der Waals surface area contributed by atoms with Crippen LogP contribution in [0.1, 0.15) is 46.0 Å². The Hall–Kier alpha value is -1.84. The van der Waals surface area contributed by atoms with Gasteiger partial charge in [0.2, 0.25) is 0 Å². The molecule has 0 bridgehead atoms. The van der Waals surface area contributed by atoms with Gasteiger partial charge >= 0.3 is 11.9 Å². The monoisotopic (exact) mass is 294 g/mol. The number of hydrogen-bond donors (Lipinski definition) is 0. The Bertz CT molecular complexity index is 396. The molecule has 0 saturated heterocycles. The van der Waals surface area contributed by atoms with Crippen LogP contribution in [0.5, 0.6) is 0 Å². The number of allylic oxidation sites excluding steroid dienone is 1. The lowest BCUT2D eigenvalue weighted by atomic mass is 10.1. The van der Waals surface area contributed by atoms with E-state index in [4.69, 9.17) is 9.47 Å². The van der Waals surface area contributed by atoms with Crippen LogP contribution < -0.4 is 0 Å². The molecule has 0 aliphatic rings. The maximum Gasteiger partial charge on any atom is 0.333 e. The largest absolute Gasteiger partial charge is 0.462 e. The second-order valence-electron chi connectivity index (χ2n) is 5.09. The lowest BCUT2D eigenvalue weighted by Crippen LogP contribution is -2.21. The molecule has 0 aromatic heterocycles. The van der Waals surface area contributed by atoms with E-state index in [-0.39, 0.29) is 12.7 Å². The molecule has 0 aromatic carbocycles. The molecule has 0 rings (SSSR count). The third-order valence-corrected chi connectivity index (χ3v) is 2.83. The quantitative estimate of drug-likeness (QED) is 0.252. The molecule has 118 valence electrons. The zero-order chi connectivity index (χ0) is 16.3. The summed E-state index contributed by atoms with van der Waals surface area (Å²) in [4.78, 5) is 22.9. The van der Waals surface area contributed by atoms with Gasteiger partial charge in [0.25, 0.3) is 0 Å². The Morgan fingerprint density at radius 2 is 1.67 bits per heavy atom. The van der Waals surface area contributed by atoms with E-state index in [9.17, 15) is 9.59 Å². The minimum absolute atomic E-state index is 0.210. The molecule has 4 nitrogen and oxygen atoms in total. The van der Waals surface area contributed by atoms with E-state index in [0.29, 0.717) is 17.6 Å². The van der Waals surface area contributed by atoms with Crippen LogP contribution in [0.15, 0.2) is 37.0 Å². The van der Waals surface area contributed by atoms with Crippen molar-refractivity contribution in [2.24, 2.45) is 0 Å². The maximum absolute atomic E-state index is 11.6. The molecular formula is C17H26O4. The minimum Gasteiger partial charge on any atom is -0.462 e. The Labute approximate surface area is 127 Å². The van der Waals surface area contributed by atoms with Gasteiger partial charge < -0.3 is 9.47 Å². The SMILES string of the molecule is C=CCCCCC(CCOC(=O)C(=C)C)OC(=O)C(=C)C. The Morgan fingerprint density at radius 3 is 2.19 bits per heavy atom. The Balaban J connectivity index is 4.26. The van der Waals surface area contributed by atoms with Gasteiger partial charge in [0.05, 0.1) is 6.61 Å². The predicted molar refractivity (Wildman–Crippen MR) is 83.7 cm³/mol. The Kier molecular flexibility index (Phi) is 9.94. The number of rotatable bonds is 11. The van der Waals surface area contributed by atoms with Crippen molar-refractivity contribution in [3.05, 3.63) is 37.0 Å². The van der Waals surface area contributed by atoms with Crippen LogP contribution in [0.3, 0.4) is 0 Å². The molecule has 4 heteroatoms. The molecule has 0 aromatic rings. The van der Waals surface area contributed by atoms with Gasteiger partial charge in [-0.1, -0.05) is 19.2 Å². The molecule has 0 saturated carbocycles. The summed E-state index contributed by atoms with van der Waals surface area (Å²) < 4.78 is 10.4. The fraction of sp³-hybridized carbons (Fsp3) is 0.529. The number of hydrogen-bond acceptors (Lipinski definition) is 4. The molecule has 0 heterocycles. The highest BCUT2D eigenvalue weighted by atomic mass is 16.6. The minimum atomic E-state index is -0.424. The summed E-state index contributed by atoms with van der Waals surface area (Å²) in [5.74, 6) is -0.832. The summed E-state index contributed by atoms with van der Waals surface area (Å²) in [6.07, 6.45) is 5.67. The first-order chi connectivity index (χ1) is 9.88. The molecular weight excluding hydrogens is 268 g/mol. The molecule has 0 fully saturated rings. The van der Waals surface area contributed by atoms with Crippen molar-refractivity contribution in [1.82, 2.24) is 0 Å². The van der Waals surface area contributed by atoms with E-state index in [1.807, 2.05) is 6.08 Å². The average Bonchev–Trinajstić information content (AvgIpc) is 2.42. The smallest absolute Gasteiger partial charge is 0.333 e. The number of unbranched alkanes of at least 4 members (excludes halogenated alkanes) is 2. The van der Waals surface area contributed by atoms with Gasteiger partial charge in [-0.25, -0.2) is 9.59 Å². The van der Waals surface area contributed by atoms with E-state index < -0.39 is 11.9 Å². The summed E-state index contributed by atoms with van der Waals surface area (Å²) in [5, 5.41) is 0. The van der Waals surface area contributed by atoms with Gasteiger partial charge in [0.15, 0.2) is 0 Å². The zero-order valence-electron chi connectivity index (χ0n) is 13.2. The first-order valence-corrected chi connectivity index (χ1v) is 7.18. The van der Waals surface area contributed by atoms with Gasteiger partial charge in [-0.3, -0.25) is 0 Å². The van der Waals surface area contributed by atoms with Gasteiger partial charge in [-0.2, -0.15) is 0 Å². The van der Waals surface area contributed by atoms with Crippen LogP contribution >= 0.6 is 0 Å². The van der Waals surface area contributed by atoms with Crippen molar-refractivity contribution in [3.8, 4) is 0 Å². The molecule has 0 aliphatic heterocycles. The van der Waals surface area contributed by atoms with Gasteiger partial charge in [0.1, 0.15) is 6.10 Å². The summed E-state index contributed by atoms with van der Waals surface area (Å²) in [7, 11) is 0. The van der Waals surface area contributed by atoms with Gasteiger partial charge in [-0.05, 0) is 39.5 Å². The van der Waals surface area contributed by atoms with Crippen LogP contribution in [-0.4, -0.2) is 24.6 Å². The summed E-state index contributed by atoms with van der Waals surface area (Å²) in [6.45, 7) is 14.2. The highest BCUT2D eigenvalue weighted by Crippen LogP contribution is 2.13. The third kappa shape index (κ3) is 9.66. The van der Waals surface area contributed by atoms with Crippen molar-refractivity contribution in [3.63, 3.8) is 0 Å². The molecule has 1 unspecified atom stereocenters. The first-order valence-electron chi connectivity index (χ1n) is 7.18. The number of ether oxygens (including phenoxy) is 2. The summed E-state index contributed by atoms with van der Waals surface area (Å²) >= 11 is 0. The average molecular weight is 294 g/mol. The van der Waals surface area contributed by atoms with Crippen LogP contribution in [0.4, 0.5) is 0 Å². The highest BCUT2D eigenvalue weighted by Gasteiger charge is 2.15. The summed E-state index contributed by atoms with van der Waals surface area (Å²) in [6, 6.07) is 0. The highest BCUT2D eigenvalue weighted by molar-refractivity contribution is 5.87. The normalized spacial score (nSPS) is 11.3. The van der Waals surface area contributed by atoms with Crippen LogP contribution in [-0.2, 0) is 19.1 Å². The number of esters is 2. The van der Waals surface area contributed by atoms with Crippen molar-refractivity contribution < 1.29 is 19.1 Å². The molecule has 0 aliphatic carbocycles. The fourth-order valence-electron chi connectivity index (χ4n) is 1.58. The number of carbonyl (C=O) groups is 2. The van der Waals surface area contributed by atoms with Crippen molar-refractivity contribution in [2.75, 3.05) is 6.61 Å². The van der Waals surface area contributed by atoms with E-state index in [0.717, 1.165) is 25.7 Å². The van der Waals surface area contributed by atoms with Crippen LogP contribution in [0.25, 0.3) is 0 Å². The number of carbonyl (C=O) groups excluding carboxylic acids is 2. The van der Waals surface area contributed by atoms with Crippen LogP contribution in [0.2, 0.25) is 0 Å². The van der Waals surface area contributed by atoms with E-state index in [1.54, 1.807) is 13.8 Å². The predicted octanol–water partition coefficient (Wildman–Crippen LogP) is 3.73.